The number of hydrogen-bond donors (Lipinski definition) is 2. The highest BCUT2D eigenvalue weighted by Crippen LogP contribution is 2.38. The summed E-state index contributed by atoms with van der Waals surface area (Å²) >= 11 is 1.06. The average Bonchev–Trinajstić information content (AvgIpc) is 3.50. The molecule has 39 heavy (non-hydrogen) atoms. The standard InChI is InChI=1S/C22H17F2N7O5S3/c23-17-5-1-12(8-26-17)11-38(32,33)20(21-31-30-19(36-21)10-28-39(25,34)35)22-29-15-4-2-13(7-16(15)37-22)14-3-6-18(24)27-9-14/h1-9,20,28H,10-11H2,(H2,25,34,35). The van der Waals surface area contributed by atoms with E-state index in [1.807, 2.05) is 4.72 Å². The van der Waals surface area contributed by atoms with E-state index in [1.54, 1.807) is 24.3 Å². The molecule has 4 heterocycles. The Balaban J connectivity index is 1.55. The number of pyridine rings is 2. The first-order valence-corrected chi connectivity index (χ1v) is 15.0. The van der Waals surface area contributed by atoms with Gasteiger partial charge >= 0.3 is 0 Å². The van der Waals surface area contributed by atoms with E-state index >= 15 is 0 Å². The molecule has 0 saturated heterocycles. The molecule has 12 nitrogen and oxygen atoms in total. The van der Waals surface area contributed by atoms with Gasteiger partial charge < -0.3 is 4.42 Å². The van der Waals surface area contributed by atoms with Gasteiger partial charge in [0.1, 0.15) is 5.01 Å². The van der Waals surface area contributed by atoms with Gasteiger partial charge in [0.2, 0.25) is 23.7 Å². The first kappa shape index (κ1) is 26.8. The summed E-state index contributed by atoms with van der Waals surface area (Å²) in [6.45, 7) is -0.463. The molecule has 0 aliphatic carbocycles. The molecule has 1 aromatic carbocycles. The molecule has 0 amide bonds. The minimum absolute atomic E-state index is 0.101. The Morgan fingerprint density at radius 2 is 1.67 bits per heavy atom. The maximum absolute atomic E-state index is 13.7. The zero-order valence-corrected chi connectivity index (χ0v) is 22.0. The maximum Gasteiger partial charge on any atom is 0.274 e. The molecule has 0 radical (unpaired) electrons. The van der Waals surface area contributed by atoms with Crippen molar-refractivity contribution in [3.63, 3.8) is 0 Å². The van der Waals surface area contributed by atoms with Crippen LogP contribution in [0.15, 0.2) is 59.3 Å². The van der Waals surface area contributed by atoms with E-state index in [9.17, 15) is 25.6 Å². The van der Waals surface area contributed by atoms with Crippen LogP contribution in [0.5, 0.6) is 0 Å². The van der Waals surface area contributed by atoms with Crippen molar-refractivity contribution in [3.05, 3.63) is 89.1 Å². The summed E-state index contributed by atoms with van der Waals surface area (Å²) in [7, 11) is -8.24. The number of benzene rings is 1. The highest BCUT2D eigenvalue weighted by atomic mass is 32.2. The van der Waals surface area contributed by atoms with Gasteiger partial charge in [0.25, 0.3) is 10.2 Å². The van der Waals surface area contributed by atoms with Crippen LogP contribution in [0, 0.1) is 11.9 Å². The van der Waals surface area contributed by atoms with Crippen LogP contribution in [0.3, 0.4) is 0 Å². The fourth-order valence-corrected chi connectivity index (χ4v) is 7.06. The minimum Gasteiger partial charge on any atom is -0.422 e. The predicted octanol–water partition coefficient (Wildman–Crippen LogP) is 2.41. The smallest absolute Gasteiger partial charge is 0.274 e. The third-order valence-corrected chi connectivity index (χ3v) is 8.99. The van der Waals surface area contributed by atoms with Gasteiger partial charge in [0.15, 0.2) is 15.1 Å². The average molecular weight is 594 g/mol. The number of halogens is 2. The first-order chi connectivity index (χ1) is 18.5. The minimum atomic E-state index is -4.16. The molecule has 0 saturated carbocycles. The third-order valence-electron chi connectivity index (χ3n) is 5.34. The molecule has 5 aromatic rings. The number of nitrogens with one attached hydrogen (secondary N) is 1. The van der Waals surface area contributed by atoms with Crippen molar-refractivity contribution in [2.75, 3.05) is 0 Å². The van der Waals surface area contributed by atoms with Crippen molar-refractivity contribution in [2.24, 2.45) is 5.14 Å². The highest BCUT2D eigenvalue weighted by molar-refractivity contribution is 7.91. The Hall–Kier alpha value is -3.77. The molecule has 0 aliphatic heterocycles. The Morgan fingerprint density at radius 3 is 2.33 bits per heavy atom. The normalized spacial score (nSPS) is 13.1. The largest absolute Gasteiger partial charge is 0.422 e. The van der Waals surface area contributed by atoms with Crippen LogP contribution in [0.2, 0.25) is 0 Å². The first-order valence-electron chi connectivity index (χ1n) is 10.9. The second kappa shape index (κ2) is 10.4. The zero-order chi connectivity index (χ0) is 27.8. The second-order valence-corrected chi connectivity index (χ2v) is 12.7. The van der Waals surface area contributed by atoms with Crippen molar-refractivity contribution in [1.29, 1.82) is 0 Å². The van der Waals surface area contributed by atoms with Crippen LogP contribution in [-0.2, 0) is 32.3 Å². The summed E-state index contributed by atoms with van der Waals surface area (Å²) in [6.07, 6.45) is 2.47. The van der Waals surface area contributed by atoms with Crippen LogP contribution in [0.25, 0.3) is 21.3 Å². The Labute approximate surface area is 224 Å². The third kappa shape index (κ3) is 6.28. The monoisotopic (exact) mass is 593 g/mol. The molecule has 4 aromatic heterocycles. The molecule has 1 atom stereocenters. The molecule has 5 rings (SSSR count). The van der Waals surface area contributed by atoms with Crippen LogP contribution in [-0.4, -0.2) is 42.0 Å². The molecular weight excluding hydrogens is 576 g/mol. The lowest BCUT2D eigenvalue weighted by molar-refractivity contribution is 0.443. The highest BCUT2D eigenvalue weighted by Gasteiger charge is 2.37. The Kier molecular flexibility index (Phi) is 7.17. The van der Waals surface area contributed by atoms with Gasteiger partial charge in [-0.25, -0.2) is 28.5 Å². The Morgan fingerprint density at radius 1 is 0.949 bits per heavy atom. The number of hydrogen-bond acceptors (Lipinski definition) is 11. The second-order valence-electron chi connectivity index (χ2n) is 8.18. The molecule has 0 aliphatic rings. The summed E-state index contributed by atoms with van der Waals surface area (Å²) < 4.78 is 84.4. The number of rotatable bonds is 9. The number of nitrogens with two attached hydrogens (primary N) is 1. The lowest BCUT2D eigenvalue weighted by Gasteiger charge is -2.12. The van der Waals surface area contributed by atoms with Crippen LogP contribution in [0.1, 0.15) is 27.6 Å². The number of nitrogens with zero attached hydrogens (tertiary/aromatic N) is 5. The fourth-order valence-electron chi connectivity index (χ4n) is 3.61. The van der Waals surface area contributed by atoms with Gasteiger partial charge in [-0.1, -0.05) is 12.1 Å². The molecule has 17 heteroatoms. The molecule has 1 unspecified atom stereocenters. The van der Waals surface area contributed by atoms with E-state index in [0.29, 0.717) is 21.3 Å². The summed E-state index contributed by atoms with van der Waals surface area (Å²) in [5.41, 5.74) is 2.04. The lowest BCUT2D eigenvalue weighted by atomic mass is 10.1. The van der Waals surface area contributed by atoms with Gasteiger partial charge in [-0.15, -0.1) is 21.5 Å². The lowest BCUT2D eigenvalue weighted by Crippen LogP contribution is -2.30. The number of fused-ring (bicyclic) bond motifs is 1. The summed E-state index contributed by atoms with van der Waals surface area (Å²) in [5, 5.41) is 11.1. The van der Waals surface area contributed by atoms with Gasteiger partial charge in [0, 0.05) is 18.0 Å². The van der Waals surface area contributed by atoms with Gasteiger partial charge in [-0.2, -0.15) is 21.9 Å². The van der Waals surface area contributed by atoms with Crippen molar-refractivity contribution in [3.8, 4) is 11.1 Å². The van der Waals surface area contributed by atoms with Gasteiger partial charge in [-0.05, 0) is 41.5 Å². The fraction of sp³-hybridized carbons (Fsp3) is 0.136. The summed E-state index contributed by atoms with van der Waals surface area (Å²) in [5.74, 6) is -2.52. The van der Waals surface area contributed by atoms with Crippen molar-refractivity contribution < 1.29 is 30.0 Å². The molecular formula is C22H17F2N7O5S3. The van der Waals surface area contributed by atoms with Crippen LogP contribution < -0.4 is 9.86 Å². The van der Waals surface area contributed by atoms with E-state index in [4.69, 9.17) is 9.56 Å². The summed E-state index contributed by atoms with van der Waals surface area (Å²) in [4.78, 5) is 11.6. The van der Waals surface area contributed by atoms with Gasteiger partial charge in [0.05, 0.1) is 22.5 Å². The molecule has 0 bridgehead atoms. The molecule has 202 valence electrons. The number of sulfone groups is 1. The van der Waals surface area contributed by atoms with E-state index in [1.165, 1.54) is 18.3 Å². The SMILES string of the molecule is NS(=O)(=O)NCc1nnc(C(c2nc3ccc(-c4ccc(F)nc4)cc3s2)S(=O)(=O)Cc2ccc(F)nc2)o1. The molecule has 0 spiro atoms. The van der Waals surface area contributed by atoms with E-state index in [2.05, 4.69) is 25.1 Å². The zero-order valence-electron chi connectivity index (χ0n) is 19.5. The van der Waals surface area contributed by atoms with Crippen molar-refractivity contribution >= 4 is 41.6 Å². The molecule has 3 N–H and O–H groups in total. The van der Waals surface area contributed by atoms with Crippen molar-refractivity contribution in [1.82, 2.24) is 29.9 Å². The topological polar surface area (TPSA) is 184 Å². The number of thiazole rings is 1. The van der Waals surface area contributed by atoms with E-state index < -0.39 is 49.5 Å². The number of aromatic nitrogens is 5. The predicted molar refractivity (Wildman–Crippen MR) is 136 cm³/mol. The molecule has 0 fully saturated rings. The maximum atomic E-state index is 13.7. The van der Waals surface area contributed by atoms with Crippen LogP contribution >= 0.6 is 11.3 Å². The Bertz CT molecular complexity index is 1860. The summed E-state index contributed by atoms with van der Waals surface area (Å²) in [6, 6.07) is 10.3. The van der Waals surface area contributed by atoms with Crippen molar-refractivity contribution in [2.45, 2.75) is 17.5 Å². The van der Waals surface area contributed by atoms with Crippen LogP contribution in [0.4, 0.5) is 8.78 Å². The van der Waals surface area contributed by atoms with E-state index in [0.717, 1.165) is 23.6 Å². The van der Waals surface area contributed by atoms with E-state index in [-0.39, 0.29) is 22.4 Å². The quantitative estimate of drug-likeness (QED) is 0.241. The van der Waals surface area contributed by atoms with Gasteiger partial charge in [-0.3, -0.25) is 0 Å².